The SMILES string of the molecule is CN(C)S(=O)(=O)c1cc(C(=O)NC23CC4CC(CC(C4)C2)C3)ccc1Cl. The van der Waals surface area contributed by atoms with Crippen LogP contribution in [0.2, 0.25) is 5.02 Å². The number of sulfonamides is 1. The van der Waals surface area contributed by atoms with Gasteiger partial charge in [0, 0.05) is 25.2 Å². The van der Waals surface area contributed by atoms with Gasteiger partial charge in [0.25, 0.3) is 5.91 Å². The van der Waals surface area contributed by atoms with Crippen molar-refractivity contribution in [2.45, 2.75) is 49.0 Å². The van der Waals surface area contributed by atoms with Gasteiger partial charge in [-0.15, -0.1) is 0 Å². The molecule has 5 nitrogen and oxygen atoms in total. The van der Waals surface area contributed by atoms with Crippen molar-refractivity contribution in [3.63, 3.8) is 0 Å². The number of nitrogens with zero attached hydrogens (tertiary/aromatic N) is 1. The van der Waals surface area contributed by atoms with Crippen molar-refractivity contribution in [1.82, 2.24) is 9.62 Å². The molecular formula is C19H25ClN2O3S. The van der Waals surface area contributed by atoms with Crippen LogP contribution in [0.15, 0.2) is 23.1 Å². The number of hydrogen-bond donors (Lipinski definition) is 1. The fourth-order valence-corrected chi connectivity index (χ4v) is 7.01. The number of carbonyl (C=O) groups excluding carboxylic acids is 1. The van der Waals surface area contributed by atoms with Crippen LogP contribution in [0, 0.1) is 17.8 Å². The van der Waals surface area contributed by atoms with Crippen LogP contribution in [-0.2, 0) is 10.0 Å². The Morgan fingerprint density at radius 2 is 1.65 bits per heavy atom. The maximum atomic E-state index is 12.9. The summed E-state index contributed by atoms with van der Waals surface area (Å²) in [4.78, 5) is 12.9. The first kappa shape index (κ1) is 18.3. The van der Waals surface area contributed by atoms with E-state index in [1.807, 2.05) is 0 Å². The van der Waals surface area contributed by atoms with Gasteiger partial charge in [-0.3, -0.25) is 4.79 Å². The molecule has 0 aromatic heterocycles. The van der Waals surface area contributed by atoms with Gasteiger partial charge < -0.3 is 5.32 Å². The van der Waals surface area contributed by atoms with E-state index in [1.54, 1.807) is 6.07 Å². The van der Waals surface area contributed by atoms with Crippen LogP contribution in [0.5, 0.6) is 0 Å². The first-order chi connectivity index (χ1) is 12.2. The normalized spacial score (nSPS) is 32.8. The fourth-order valence-electron chi connectivity index (χ4n) is 5.62. The Balaban J connectivity index is 1.60. The van der Waals surface area contributed by atoms with Gasteiger partial charge in [-0.25, -0.2) is 12.7 Å². The Kier molecular flexibility index (Phi) is 4.36. The predicted octanol–water partition coefficient (Wildman–Crippen LogP) is 3.29. The van der Waals surface area contributed by atoms with Gasteiger partial charge in [-0.05, 0) is 74.5 Å². The van der Waals surface area contributed by atoms with Crippen molar-refractivity contribution in [3.8, 4) is 0 Å². The highest BCUT2D eigenvalue weighted by Gasteiger charge is 2.51. The van der Waals surface area contributed by atoms with Crippen molar-refractivity contribution < 1.29 is 13.2 Å². The van der Waals surface area contributed by atoms with Gasteiger partial charge in [0.1, 0.15) is 4.90 Å². The minimum absolute atomic E-state index is 0.0256. The van der Waals surface area contributed by atoms with Crippen LogP contribution in [0.1, 0.15) is 48.9 Å². The van der Waals surface area contributed by atoms with Gasteiger partial charge in [0.15, 0.2) is 0 Å². The van der Waals surface area contributed by atoms with Crippen LogP contribution in [0.25, 0.3) is 0 Å². The molecule has 0 atom stereocenters. The molecule has 1 N–H and O–H groups in total. The van der Waals surface area contributed by atoms with E-state index in [4.69, 9.17) is 11.6 Å². The van der Waals surface area contributed by atoms with E-state index in [0.29, 0.717) is 5.56 Å². The van der Waals surface area contributed by atoms with E-state index >= 15 is 0 Å². The molecule has 0 radical (unpaired) electrons. The molecule has 0 aliphatic heterocycles. The van der Waals surface area contributed by atoms with E-state index in [0.717, 1.165) is 41.3 Å². The van der Waals surface area contributed by atoms with Gasteiger partial charge in [0.05, 0.1) is 5.02 Å². The summed E-state index contributed by atoms with van der Waals surface area (Å²) in [6, 6.07) is 4.49. The summed E-state index contributed by atoms with van der Waals surface area (Å²) in [6.07, 6.45) is 7.09. The number of nitrogens with one attached hydrogen (secondary N) is 1. The molecule has 4 fully saturated rings. The molecule has 4 bridgehead atoms. The molecule has 1 aromatic rings. The Morgan fingerprint density at radius 3 is 2.15 bits per heavy atom. The molecule has 5 rings (SSSR count). The number of halogens is 1. The van der Waals surface area contributed by atoms with Crippen LogP contribution < -0.4 is 5.32 Å². The molecule has 4 saturated carbocycles. The topological polar surface area (TPSA) is 66.5 Å². The van der Waals surface area contributed by atoms with Crippen molar-refractivity contribution >= 4 is 27.5 Å². The summed E-state index contributed by atoms with van der Waals surface area (Å²) in [6.45, 7) is 0. The highest BCUT2D eigenvalue weighted by molar-refractivity contribution is 7.89. The molecule has 26 heavy (non-hydrogen) atoms. The lowest BCUT2D eigenvalue weighted by molar-refractivity contribution is -0.0167. The predicted molar refractivity (Wildman–Crippen MR) is 101 cm³/mol. The maximum Gasteiger partial charge on any atom is 0.251 e. The van der Waals surface area contributed by atoms with Crippen LogP contribution >= 0.6 is 11.6 Å². The van der Waals surface area contributed by atoms with E-state index in [2.05, 4.69) is 5.32 Å². The first-order valence-corrected chi connectivity index (χ1v) is 11.0. The van der Waals surface area contributed by atoms with E-state index in [-0.39, 0.29) is 21.4 Å². The molecule has 0 spiro atoms. The zero-order chi connectivity index (χ0) is 18.7. The minimum Gasteiger partial charge on any atom is -0.347 e. The second-order valence-corrected chi connectivity index (χ2v) is 11.1. The quantitative estimate of drug-likeness (QED) is 0.849. The zero-order valence-electron chi connectivity index (χ0n) is 15.2. The average Bonchev–Trinajstić information content (AvgIpc) is 2.53. The van der Waals surface area contributed by atoms with Crippen molar-refractivity contribution in [3.05, 3.63) is 28.8 Å². The Labute approximate surface area is 160 Å². The largest absolute Gasteiger partial charge is 0.347 e. The molecule has 7 heteroatoms. The first-order valence-electron chi connectivity index (χ1n) is 9.23. The second-order valence-electron chi connectivity index (χ2n) is 8.58. The summed E-state index contributed by atoms with van der Waals surface area (Å²) < 4.78 is 26.0. The van der Waals surface area contributed by atoms with Crippen LogP contribution in [-0.4, -0.2) is 38.3 Å². The third-order valence-corrected chi connectivity index (χ3v) is 8.67. The maximum absolute atomic E-state index is 12.9. The number of amides is 1. The lowest BCUT2D eigenvalue weighted by Crippen LogP contribution is -2.59. The summed E-state index contributed by atoms with van der Waals surface area (Å²) in [5.41, 5.74) is 0.247. The molecule has 1 aromatic carbocycles. The standard InChI is InChI=1S/C19H25ClN2O3S/c1-22(2)26(24,25)17-8-15(3-4-16(17)20)18(23)21-19-9-12-5-13(10-19)7-14(6-12)11-19/h3-4,8,12-14H,5-7,9-11H2,1-2H3,(H,21,23). The monoisotopic (exact) mass is 396 g/mol. The van der Waals surface area contributed by atoms with Crippen molar-refractivity contribution in [1.29, 1.82) is 0 Å². The van der Waals surface area contributed by atoms with E-state index < -0.39 is 10.0 Å². The van der Waals surface area contributed by atoms with Crippen LogP contribution in [0.3, 0.4) is 0 Å². The summed E-state index contributed by atoms with van der Waals surface area (Å²) in [5, 5.41) is 3.41. The summed E-state index contributed by atoms with van der Waals surface area (Å²) in [5.74, 6) is 2.00. The molecule has 142 valence electrons. The smallest absolute Gasteiger partial charge is 0.251 e. The van der Waals surface area contributed by atoms with Crippen LogP contribution in [0.4, 0.5) is 0 Å². The zero-order valence-corrected chi connectivity index (χ0v) is 16.7. The third kappa shape index (κ3) is 3.06. The molecule has 0 saturated heterocycles. The number of hydrogen-bond acceptors (Lipinski definition) is 3. The molecule has 4 aliphatic carbocycles. The average molecular weight is 397 g/mol. The second kappa shape index (κ2) is 6.21. The number of carbonyl (C=O) groups is 1. The summed E-state index contributed by atoms with van der Waals surface area (Å²) >= 11 is 6.09. The van der Waals surface area contributed by atoms with Gasteiger partial charge in [-0.1, -0.05) is 11.6 Å². The van der Waals surface area contributed by atoms with Crippen molar-refractivity contribution in [2.75, 3.05) is 14.1 Å². The molecular weight excluding hydrogens is 372 g/mol. The molecule has 0 unspecified atom stereocenters. The Hall–Kier alpha value is -1.11. The molecule has 1 amide bonds. The number of benzene rings is 1. The van der Waals surface area contributed by atoms with Gasteiger partial charge in [0.2, 0.25) is 10.0 Å². The fraction of sp³-hybridized carbons (Fsp3) is 0.632. The van der Waals surface area contributed by atoms with E-state index in [9.17, 15) is 13.2 Å². The third-order valence-electron chi connectivity index (χ3n) is 6.37. The minimum atomic E-state index is -3.70. The molecule has 4 aliphatic rings. The molecule has 0 heterocycles. The Bertz CT molecular complexity index is 815. The number of rotatable bonds is 4. The van der Waals surface area contributed by atoms with Crippen molar-refractivity contribution in [2.24, 2.45) is 17.8 Å². The lowest BCUT2D eigenvalue weighted by atomic mass is 9.53. The highest BCUT2D eigenvalue weighted by Crippen LogP contribution is 2.55. The Morgan fingerprint density at radius 1 is 1.12 bits per heavy atom. The highest BCUT2D eigenvalue weighted by atomic mass is 35.5. The van der Waals surface area contributed by atoms with E-state index in [1.165, 1.54) is 45.5 Å². The van der Waals surface area contributed by atoms with Gasteiger partial charge in [-0.2, -0.15) is 0 Å². The van der Waals surface area contributed by atoms with Gasteiger partial charge >= 0.3 is 0 Å². The summed E-state index contributed by atoms with van der Waals surface area (Å²) in [7, 11) is -0.791. The lowest BCUT2D eigenvalue weighted by Gasteiger charge is -2.56.